The van der Waals surface area contributed by atoms with Crippen LogP contribution in [0, 0.1) is 18.8 Å². The summed E-state index contributed by atoms with van der Waals surface area (Å²) in [6.07, 6.45) is 3.47. The normalized spacial score (nSPS) is 22.0. The number of rotatable bonds is 5. The van der Waals surface area contributed by atoms with E-state index < -0.39 is 0 Å². The van der Waals surface area contributed by atoms with Crippen molar-refractivity contribution < 1.29 is 9.59 Å². The molecule has 6 heteroatoms. The van der Waals surface area contributed by atoms with E-state index in [1.807, 2.05) is 31.2 Å². The van der Waals surface area contributed by atoms with Gasteiger partial charge in [0.25, 0.3) is 0 Å². The fourth-order valence-corrected chi connectivity index (χ4v) is 3.92. The standard InChI is InChI=1S/C20H29N3O2.ClH/c1-14-3-5-17(6-4-14)23-12-9-18(20(23)25)22-19(24)13-15(2)16-7-10-21-11-8-16;/h3-6,15-16,18,21H,7-13H2,1-2H3,(H,22,24);1H. The van der Waals surface area contributed by atoms with Crippen LogP contribution in [0.15, 0.2) is 24.3 Å². The van der Waals surface area contributed by atoms with Gasteiger partial charge in [0.1, 0.15) is 6.04 Å². The molecule has 0 aliphatic carbocycles. The Balaban J connectivity index is 0.00000243. The molecule has 2 unspecified atom stereocenters. The Labute approximate surface area is 162 Å². The summed E-state index contributed by atoms with van der Waals surface area (Å²) in [5.41, 5.74) is 2.09. The lowest BCUT2D eigenvalue weighted by atomic mass is 9.84. The van der Waals surface area contributed by atoms with E-state index in [4.69, 9.17) is 0 Å². The van der Waals surface area contributed by atoms with Crippen molar-refractivity contribution in [2.75, 3.05) is 24.5 Å². The van der Waals surface area contributed by atoms with Crippen LogP contribution < -0.4 is 15.5 Å². The van der Waals surface area contributed by atoms with Crippen LogP contribution in [0.2, 0.25) is 0 Å². The highest BCUT2D eigenvalue weighted by atomic mass is 35.5. The third-order valence-electron chi connectivity index (χ3n) is 5.58. The Morgan fingerprint density at radius 2 is 1.88 bits per heavy atom. The van der Waals surface area contributed by atoms with Crippen molar-refractivity contribution in [2.24, 2.45) is 11.8 Å². The molecule has 2 aliphatic heterocycles. The molecule has 0 radical (unpaired) electrons. The number of aryl methyl sites for hydroxylation is 1. The predicted molar refractivity (Wildman–Crippen MR) is 107 cm³/mol. The van der Waals surface area contributed by atoms with Crippen molar-refractivity contribution in [2.45, 2.75) is 45.6 Å². The minimum absolute atomic E-state index is 0. The Kier molecular flexibility index (Phi) is 7.47. The number of benzene rings is 1. The summed E-state index contributed by atoms with van der Waals surface area (Å²) in [4.78, 5) is 26.8. The Morgan fingerprint density at radius 1 is 1.23 bits per heavy atom. The second-order valence-electron chi connectivity index (χ2n) is 7.50. The first kappa shape index (κ1) is 20.7. The number of piperidine rings is 1. The molecule has 3 rings (SSSR count). The van der Waals surface area contributed by atoms with Gasteiger partial charge in [0, 0.05) is 18.7 Å². The lowest BCUT2D eigenvalue weighted by Crippen LogP contribution is -2.42. The predicted octanol–water partition coefficient (Wildman–Crippen LogP) is 2.66. The maximum Gasteiger partial charge on any atom is 0.249 e. The van der Waals surface area contributed by atoms with Crippen LogP contribution >= 0.6 is 12.4 Å². The van der Waals surface area contributed by atoms with Gasteiger partial charge in [-0.3, -0.25) is 9.59 Å². The number of halogens is 1. The van der Waals surface area contributed by atoms with Crippen LogP contribution in [0.4, 0.5) is 5.69 Å². The quantitative estimate of drug-likeness (QED) is 0.826. The topological polar surface area (TPSA) is 61.4 Å². The smallest absolute Gasteiger partial charge is 0.249 e. The lowest BCUT2D eigenvalue weighted by Gasteiger charge is -2.28. The minimum Gasteiger partial charge on any atom is -0.344 e. The average Bonchev–Trinajstić information content (AvgIpc) is 2.97. The zero-order valence-corrected chi connectivity index (χ0v) is 16.5. The van der Waals surface area contributed by atoms with Crippen LogP contribution in [0.1, 0.15) is 38.2 Å². The minimum atomic E-state index is -0.381. The van der Waals surface area contributed by atoms with Crippen molar-refractivity contribution >= 4 is 29.9 Å². The summed E-state index contributed by atoms with van der Waals surface area (Å²) in [7, 11) is 0. The fraction of sp³-hybridized carbons (Fsp3) is 0.600. The Hall–Kier alpha value is -1.59. The van der Waals surface area contributed by atoms with Crippen LogP contribution in [0.5, 0.6) is 0 Å². The van der Waals surface area contributed by atoms with E-state index in [0.717, 1.165) is 31.6 Å². The molecule has 2 N–H and O–H groups in total. The van der Waals surface area contributed by atoms with E-state index in [1.165, 1.54) is 5.56 Å². The van der Waals surface area contributed by atoms with E-state index in [2.05, 4.69) is 17.6 Å². The average molecular weight is 380 g/mol. The molecule has 2 atom stereocenters. The third-order valence-corrected chi connectivity index (χ3v) is 5.58. The van der Waals surface area contributed by atoms with Crippen molar-refractivity contribution in [3.63, 3.8) is 0 Å². The molecule has 2 aliphatic rings. The molecule has 1 aromatic carbocycles. The highest BCUT2D eigenvalue weighted by Gasteiger charge is 2.34. The molecule has 144 valence electrons. The highest BCUT2D eigenvalue weighted by Crippen LogP contribution is 2.25. The zero-order valence-electron chi connectivity index (χ0n) is 15.7. The van der Waals surface area contributed by atoms with E-state index in [9.17, 15) is 9.59 Å². The summed E-state index contributed by atoms with van der Waals surface area (Å²) in [5, 5.41) is 6.32. The van der Waals surface area contributed by atoms with Crippen molar-refractivity contribution in [3.8, 4) is 0 Å². The van der Waals surface area contributed by atoms with E-state index in [0.29, 0.717) is 31.2 Å². The molecule has 0 bridgehead atoms. The molecule has 2 saturated heterocycles. The molecule has 26 heavy (non-hydrogen) atoms. The second-order valence-corrected chi connectivity index (χ2v) is 7.50. The van der Waals surface area contributed by atoms with Gasteiger partial charge >= 0.3 is 0 Å². The number of carbonyl (C=O) groups is 2. The Morgan fingerprint density at radius 3 is 2.54 bits per heavy atom. The van der Waals surface area contributed by atoms with E-state index in [1.54, 1.807) is 4.90 Å². The molecular weight excluding hydrogens is 350 g/mol. The first-order chi connectivity index (χ1) is 12.0. The second kappa shape index (κ2) is 9.38. The zero-order chi connectivity index (χ0) is 17.8. The Bertz CT molecular complexity index is 614. The van der Waals surface area contributed by atoms with Crippen molar-refractivity contribution in [1.82, 2.24) is 10.6 Å². The molecule has 0 saturated carbocycles. The van der Waals surface area contributed by atoms with Gasteiger partial charge in [-0.05, 0) is 63.2 Å². The highest BCUT2D eigenvalue weighted by molar-refractivity contribution is 6.01. The molecular formula is C20H30ClN3O2. The molecule has 0 spiro atoms. The summed E-state index contributed by atoms with van der Waals surface area (Å²) < 4.78 is 0. The van der Waals surface area contributed by atoms with Gasteiger partial charge in [0.15, 0.2) is 0 Å². The third kappa shape index (κ3) is 4.98. The lowest BCUT2D eigenvalue weighted by molar-refractivity contribution is -0.127. The van der Waals surface area contributed by atoms with Crippen LogP contribution in [0.3, 0.4) is 0 Å². The number of carbonyl (C=O) groups excluding carboxylic acids is 2. The summed E-state index contributed by atoms with van der Waals surface area (Å²) in [5.74, 6) is 0.990. The van der Waals surface area contributed by atoms with Crippen LogP contribution in [-0.2, 0) is 9.59 Å². The van der Waals surface area contributed by atoms with E-state index >= 15 is 0 Å². The maximum absolute atomic E-state index is 12.6. The number of hydrogen-bond donors (Lipinski definition) is 2. The first-order valence-electron chi connectivity index (χ1n) is 9.42. The first-order valence-corrected chi connectivity index (χ1v) is 9.42. The maximum atomic E-state index is 12.6. The number of anilines is 1. The van der Waals surface area contributed by atoms with Gasteiger partial charge in [-0.1, -0.05) is 24.6 Å². The summed E-state index contributed by atoms with van der Waals surface area (Å²) >= 11 is 0. The monoisotopic (exact) mass is 379 g/mol. The summed E-state index contributed by atoms with van der Waals surface area (Å²) in [6.45, 7) is 6.94. The SMILES string of the molecule is Cc1ccc(N2CCC(NC(=O)CC(C)C3CCNCC3)C2=O)cc1.Cl. The number of hydrogen-bond acceptors (Lipinski definition) is 3. The molecule has 1 aromatic rings. The summed E-state index contributed by atoms with van der Waals surface area (Å²) in [6, 6.07) is 7.58. The van der Waals surface area contributed by atoms with Gasteiger partial charge in [0.05, 0.1) is 0 Å². The van der Waals surface area contributed by atoms with Crippen LogP contribution in [-0.4, -0.2) is 37.5 Å². The van der Waals surface area contributed by atoms with E-state index in [-0.39, 0.29) is 30.3 Å². The molecule has 2 fully saturated rings. The van der Waals surface area contributed by atoms with Crippen molar-refractivity contribution in [1.29, 1.82) is 0 Å². The van der Waals surface area contributed by atoms with Gasteiger partial charge in [-0.2, -0.15) is 0 Å². The molecule has 2 heterocycles. The van der Waals surface area contributed by atoms with Gasteiger partial charge < -0.3 is 15.5 Å². The number of nitrogens with zero attached hydrogens (tertiary/aromatic N) is 1. The van der Waals surface area contributed by atoms with Crippen LogP contribution in [0.25, 0.3) is 0 Å². The molecule has 0 aromatic heterocycles. The number of amides is 2. The van der Waals surface area contributed by atoms with Gasteiger partial charge in [0.2, 0.25) is 11.8 Å². The fourth-order valence-electron chi connectivity index (χ4n) is 3.92. The number of nitrogens with one attached hydrogen (secondary N) is 2. The van der Waals surface area contributed by atoms with Gasteiger partial charge in [-0.25, -0.2) is 0 Å². The van der Waals surface area contributed by atoms with Crippen molar-refractivity contribution in [3.05, 3.63) is 29.8 Å². The molecule has 2 amide bonds. The largest absolute Gasteiger partial charge is 0.344 e. The molecule has 5 nitrogen and oxygen atoms in total. The van der Waals surface area contributed by atoms with Gasteiger partial charge in [-0.15, -0.1) is 12.4 Å².